The van der Waals surface area contributed by atoms with Crippen molar-refractivity contribution in [1.82, 2.24) is 15.1 Å². The Morgan fingerprint density at radius 2 is 2.15 bits per heavy atom. The van der Waals surface area contributed by atoms with Crippen LogP contribution in [0.25, 0.3) is 0 Å². The summed E-state index contributed by atoms with van der Waals surface area (Å²) >= 11 is 1.65. The molecule has 0 bridgehead atoms. The van der Waals surface area contributed by atoms with Gasteiger partial charge in [-0.1, -0.05) is 6.07 Å². The lowest BCUT2D eigenvalue weighted by Crippen LogP contribution is -2.52. The molecule has 1 aliphatic heterocycles. The molecule has 1 aliphatic rings. The maximum atomic E-state index is 12.0. The molecule has 2 rings (SSSR count). The maximum Gasteiger partial charge on any atom is 0.317 e. The molecule has 1 aromatic rings. The van der Waals surface area contributed by atoms with Crippen LogP contribution in [-0.2, 0) is 6.54 Å². The van der Waals surface area contributed by atoms with Gasteiger partial charge in [-0.05, 0) is 18.4 Å². The average molecular weight is 320 g/mol. The zero-order valence-corrected chi connectivity index (χ0v) is 13.3. The van der Waals surface area contributed by atoms with E-state index in [-0.39, 0.29) is 24.5 Å². The van der Waals surface area contributed by atoms with Gasteiger partial charge in [-0.25, -0.2) is 4.79 Å². The number of aliphatic hydroxyl groups excluding tert-OH is 1. The topological polar surface area (TPSA) is 55.8 Å². The zero-order chi connectivity index (χ0) is 13.7. The number of aliphatic hydroxyl groups is 1. The third kappa shape index (κ3) is 5.28. The molecule has 1 atom stereocenters. The highest BCUT2D eigenvalue weighted by atomic mass is 35.5. The number of thiophene rings is 1. The van der Waals surface area contributed by atoms with Gasteiger partial charge in [0, 0.05) is 37.6 Å². The molecule has 2 amide bonds. The molecule has 1 fully saturated rings. The Labute approximate surface area is 130 Å². The van der Waals surface area contributed by atoms with Crippen molar-refractivity contribution in [3.8, 4) is 0 Å². The van der Waals surface area contributed by atoms with Gasteiger partial charge in [0.05, 0.1) is 12.6 Å². The average Bonchev–Trinajstić information content (AvgIpc) is 2.89. The monoisotopic (exact) mass is 319 g/mol. The Kier molecular flexibility index (Phi) is 7.29. The lowest BCUT2D eigenvalue weighted by atomic mass is 10.3. The van der Waals surface area contributed by atoms with Crippen LogP contribution in [0.1, 0.15) is 11.8 Å². The first-order chi connectivity index (χ1) is 9.15. The van der Waals surface area contributed by atoms with E-state index >= 15 is 0 Å². The summed E-state index contributed by atoms with van der Waals surface area (Å²) in [6.45, 7) is 6.19. The minimum atomic E-state index is -0.306. The largest absolute Gasteiger partial charge is 0.392 e. The number of hydrogen-bond donors (Lipinski definition) is 2. The van der Waals surface area contributed by atoms with Crippen molar-refractivity contribution in [3.05, 3.63) is 22.4 Å². The van der Waals surface area contributed by atoms with Crippen LogP contribution in [-0.4, -0.2) is 59.8 Å². The van der Waals surface area contributed by atoms with Crippen molar-refractivity contribution in [2.24, 2.45) is 0 Å². The predicted octanol–water partition coefficient (Wildman–Crippen LogP) is 1.38. The first-order valence-electron chi connectivity index (χ1n) is 6.60. The van der Waals surface area contributed by atoms with Crippen LogP contribution >= 0.6 is 23.7 Å². The van der Waals surface area contributed by atoms with Gasteiger partial charge in [-0.3, -0.25) is 4.90 Å². The van der Waals surface area contributed by atoms with Crippen LogP contribution in [0.3, 0.4) is 0 Å². The molecule has 0 spiro atoms. The third-order valence-corrected chi connectivity index (χ3v) is 4.05. The molecule has 0 aromatic carbocycles. The fourth-order valence-corrected chi connectivity index (χ4v) is 2.84. The fourth-order valence-electron chi connectivity index (χ4n) is 2.19. The highest BCUT2D eigenvalue weighted by Crippen LogP contribution is 2.08. The quantitative estimate of drug-likeness (QED) is 0.881. The number of β-amino-alcohol motifs (C(OH)–C–C–N with tert-alkyl or cyclic N) is 1. The van der Waals surface area contributed by atoms with E-state index < -0.39 is 0 Å². The summed E-state index contributed by atoms with van der Waals surface area (Å²) in [7, 11) is 0. The predicted molar refractivity (Wildman–Crippen MR) is 83.5 cm³/mol. The number of nitrogens with zero attached hydrogens (tertiary/aromatic N) is 2. The molecule has 2 heterocycles. The minimum Gasteiger partial charge on any atom is -0.392 e. The Morgan fingerprint density at radius 3 is 2.70 bits per heavy atom. The maximum absolute atomic E-state index is 12.0. The van der Waals surface area contributed by atoms with Crippen LogP contribution < -0.4 is 5.32 Å². The SMILES string of the molecule is CC(O)CN1CCN(C(=O)NCc2cccs2)CC1.Cl. The van der Waals surface area contributed by atoms with E-state index in [1.165, 1.54) is 4.88 Å². The lowest BCUT2D eigenvalue weighted by Gasteiger charge is -2.35. The van der Waals surface area contributed by atoms with Crippen molar-refractivity contribution < 1.29 is 9.90 Å². The smallest absolute Gasteiger partial charge is 0.317 e. The van der Waals surface area contributed by atoms with Gasteiger partial charge < -0.3 is 15.3 Å². The Morgan fingerprint density at radius 1 is 1.45 bits per heavy atom. The van der Waals surface area contributed by atoms with E-state index in [9.17, 15) is 9.90 Å². The lowest BCUT2D eigenvalue weighted by molar-refractivity contribution is 0.0897. The van der Waals surface area contributed by atoms with Crippen molar-refractivity contribution in [2.75, 3.05) is 32.7 Å². The van der Waals surface area contributed by atoms with Crippen molar-refractivity contribution in [1.29, 1.82) is 0 Å². The first kappa shape index (κ1) is 17.2. The number of amides is 2. The van der Waals surface area contributed by atoms with Gasteiger partial charge in [-0.2, -0.15) is 0 Å². The van der Waals surface area contributed by atoms with Crippen LogP contribution in [0, 0.1) is 0 Å². The third-order valence-electron chi connectivity index (χ3n) is 3.18. The van der Waals surface area contributed by atoms with Crippen molar-refractivity contribution >= 4 is 29.8 Å². The number of nitrogens with one attached hydrogen (secondary N) is 1. The van der Waals surface area contributed by atoms with Crippen LogP contribution in [0.4, 0.5) is 4.79 Å². The second kappa shape index (κ2) is 8.46. The summed E-state index contributed by atoms with van der Waals surface area (Å²) in [5.74, 6) is 0. The Hall–Kier alpha value is -0.820. The molecular formula is C13H22ClN3O2S. The van der Waals surface area contributed by atoms with Crippen LogP contribution in [0.5, 0.6) is 0 Å². The number of piperazine rings is 1. The second-order valence-electron chi connectivity index (χ2n) is 4.87. The molecule has 0 aliphatic carbocycles. The zero-order valence-electron chi connectivity index (χ0n) is 11.6. The normalized spacial score (nSPS) is 17.4. The molecule has 114 valence electrons. The van der Waals surface area contributed by atoms with E-state index in [1.807, 2.05) is 22.4 Å². The van der Waals surface area contributed by atoms with Gasteiger partial charge in [-0.15, -0.1) is 23.7 Å². The molecule has 0 radical (unpaired) electrons. The molecule has 1 saturated heterocycles. The summed E-state index contributed by atoms with van der Waals surface area (Å²) in [5.41, 5.74) is 0. The van der Waals surface area contributed by atoms with E-state index in [1.54, 1.807) is 18.3 Å². The number of hydrogen-bond acceptors (Lipinski definition) is 4. The molecular weight excluding hydrogens is 298 g/mol. The fraction of sp³-hybridized carbons (Fsp3) is 0.615. The summed E-state index contributed by atoms with van der Waals surface area (Å²) in [6, 6.07) is 4.01. The summed E-state index contributed by atoms with van der Waals surface area (Å²) < 4.78 is 0. The van der Waals surface area contributed by atoms with E-state index in [2.05, 4.69) is 10.2 Å². The van der Waals surface area contributed by atoms with Gasteiger partial charge in [0.1, 0.15) is 0 Å². The minimum absolute atomic E-state index is 0. The number of carbonyl (C=O) groups is 1. The van der Waals surface area contributed by atoms with Gasteiger partial charge in [0.15, 0.2) is 0 Å². The Balaban J connectivity index is 0.00000200. The molecule has 5 nitrogen and oxygen atoms in total. The van der Waals surface area contributed by atoms with Gasteiger partial charge in [0.2, 0.25) is 0 Å². The Bertz CT molecular complexity index is 392. The van der Waals surface area contributed by atoms with E-state index in [0.717, 1.165) is 26.2 Å². The summed E-state index contributed by atoms with van der Waals surface area (Å²) in [5, 5.41) is 14.3. The number of halogens is 1. The molecule has 1 aromatic heterocycles. The van der Waals surface area contributed by atoms with Crippen molar-refractivity contribution in [3.63, 3.8) is 0 Å². The van der Waals surface area contributed by atoms with E-state index in [4.69, 9.17) is 0 Å². The van der Waals surface area contributed by atoms with Crippen LogP contribution in [0.2, 0.25) is 0 Å². The first-order valence-corrected chi connectivity index (χ1v) is 7.48. The summed E-state index contributed by atoms with van der Waals surface area (Å²) in [4.78, 5) is 17.2. The highest BCUT2D eigenvalue weighted by Gasteiger charge is 2.21. The van der Waals surface area contributed by atoms with Crippen molar-refractivity contribution in [2.45, 2.75) is 19.6 Å². The standard InChI is InChI=1S/C13H21N3O2S.ClH/c1-11(17)10-15-4-6-16(7-5-15)13(18)14-9-12-3-2-8-19-12;/h2-3,8,11,17H,4-7,9-10H2,1H3,(H,14,18);1H. The molecule has 2 N–H and O–H groups in total. The number of carbonyl (C=O) groups excluding carboxylic acids is 1. The van der Waals surface area contributed by atoms with Gasteiger partial charge >= 0.3 is 6.03 Å². The molecule has 0 saturated carbocycles. The molecule has 20 heavy (non-hydrogen) atoms. The summed E-state index contributed by atoms with van der Waals surface area (Å²) in [6.07, 6.45) is -0.306. The molecule has 7 heteroatoms. The second-order valence-corrected chi connectivity index (χ2v) is 5.91. The van der Waals surface area contributed by atoms with Crippen LogP contribution in [0.15, 0.2) is 17.5 Å². The van der Waals surface area contributed by atoms with E-state index in [0.29, 0.717) is 13.1 Å². The highest BCUT2D eigenvalue weighted by molar-refractivity contribution is 7.09. The van der Waals surface area contributed by atoms with Gasteiger partial charge in [0.25, 0.3) is 0 Å². The molecule has 1 unspecified atom stereocenters. The number of rotatable bonds is 4. The number of urea groups is 1.